The van der Waals surface area contributed by atoms with Crippen LogP contribution in [0.1, 0.15) is 17.5 Å². The van der Waals surface area contributed by atoms with E-state index in [-0.39, 0.29) is 6.61 Å². The van der Waals surface area contributed by atoms with E-state index in [1.54, 1.807) is 12.1 Å². The summed E-state index contributed by atoms with van der Waals surface area (Å²) in [5.74, 6) is 0. The predicted molar refractivity (Wildman–Crippen MR) is 94.1 cm³/mol. The minimum absolute atomic E-state index is 0.268. The number of nitrogens with one attached hydrogen (secondary N) is 1. The Labute approximate surface area is 140 Å². The first-order chi connectivity index (χ1) is 11.1. The van der Waals surface area contributed by atoms with Crippen molar-refractivity contribution in [1.82, 2.24) is 5.32 Å². The van der Waals surface area contributed by atoms with Crippen molar-refractivity contribution in [1.29, 1.82) is 0 Å². The first kappa shape index (κ1) is 16.9. The van der Waals surface area contributed by atoms with Crippen molar-refractivity contribution < 1.29 is 9.53 Å². The molecule has 3 N–H and O–H groups in total. The van der Waals surface area contributed by atoms with E-state index >= 15 is 0 Å². The molecule has 2 aromatic carbocycles. The van der Waals surface area contributed by atoms with Crippen LogP contribution in [0.4, 0.5) is 10.5 Å². The van der Waals surface area contributed by atoms with Gasteiger partial charge in [0, 0.05) is 17.3 Å². The molecule has 4 nitrogen and oxygen atoms in total. The van der Waals surface area contributed by atoms with Crippen LogP contribution in [-0.2, 0) is 11.3 Å². The number of carbonyl (C=O) groups is 1. The lowest BCUT2D eigenvalue weighted by Crippen LogP contribution is -2.24. The minimum atomic E-state index is -0.423. The summed E-state index contributed by atoms with van der Waals surface area (Å²) in [6.45, 7) is 0.765. The average molecular weight is 331 g/mol. The van der Waals surface area contributed by atoms with Crippen molar-refractivity contribution in [3.8, 4) is 0 Å². The maximum absolute atomic E-state index is 11.5. The fourth-order valence-corrected chi connectivity index (χ4v) is 2.12. The molecule has 0 aliphatic carbocycles. The number of hydrogen-bond donors (Lipinski definition) is 2. The molecule has 0 unspecified atom stereocenters. The Bertz CT molecular complexity index is 672. The van der Waals surface area contributed by atoms with E-state index in [0.717, 1.165) is 11.1 Å². The van der Waals surface area contributed by atoms with E-state index in [1.165, 1.54) is 0 Å². The van der Waals surface area contributed by atoms with E-state index in [9.17, 15) is 4.79 Å². The zero-order valence-electron chi connectivity index (χ0n) is 12.7. The molecule has 2 aromatic rings. The predicted octanol–water partition coefficient (Wildman–Crippen LogP) is 4.25. The highest BCUT2D eigenvalue weighted by Crippen LogP contribution is 2.19. The van der Waals surface area contributed by atoms with Crippen LogP contribution >= 0.6 is 11.6 Å². The van der Waals surface area contributed by atoms with Crippen LogP contribution in [0.2, 0.25) is 5.02 Å². The topological polar surface area (TPSA) is 64.3 Å². The second-order valence-electron chi connectivity index (χ2n) is 4.95. The van der Waals surface area contributed by atoms with Gasteiger partial charge in [-0.15, -0.1) is 0 Å². The average Bonchev–Trinajstić information content (AvgIpc) is 2.55. The zero-order valence-corrected chi connectivity index (χ0v) is 13.4. The summed E-state index contributed by atoms with van der Waals surface area (Å²) < 4.78 is 5.12. The van der Waals surface area contributed by atoms with Crippen molar-refractivity contribution in [2.24, 2.45) is 0 Å². The number of alkyl carbamates (subject to hydrolysis) is 1. The summed E-state index contributed by atoms with van der Waals surface area (Å²) in [6.07, 6.45) is 4.11. The number of nitrogens with two attached hydrogens (primary N) is 1. The highest BCUT2D eigenvalue weighted by Gasteiger charge is 2.01. The zero-order chi connectivity index (χ0) is 16.5. The van der Waals surface area contributed by atoms with Crippen molar-refractivity contribution in [2.45, 2.75) is 13.0 Å². The highest BCUT2D eigenvalue weighted by molar-refractivity contribution is 6.30. The lowest BCUT2D eigenvalue weighted by Gasteiger charge is -2.06. The van der Waals surface area contributed by atoms with Gasteiger partial charge in [-0.05, 0) is 29.7 Å². The molecule has 0 saturated heterocycles. The molecule has 5 heteroatoms. The number of hydrogen-bond acceptors (Lipinski definition) is 3. The molecule has 1 amide bonds. The Balaban J connectivity index is 1.66. The summed E-state index contributed by atoms with van der Waals surface area (Å²) in [7, 11) is 0. The van der Waals surface area contributed by atoms with Gasteiger partial charge in [-0.3, -0.25) is 0 Å². The molecule has 2 rings (SSSR count). The second kappa shape index (κ2) is 8.86. The third kappa shape index (κ3) is 6.04. The summed E-state index contributed by atoms with van der Waals surface area (Å²) in [5, 5.41) is 3.31. The van der Waals surface area contributed by atoms with Crippen LogP contribution in [0, 0.1) is 0 Å². The largest absolute Gasteiger partial charge is 0.445 e. The van der Waals surface area contributed by atoms with Crippen LogP contribution in [-0.4, -0.2) is 12.6 Å². The first-order valence-electron chi connectivity index (χ1n) is 7.31. The molecule has 0 bridgehead atoms. The summed E-state index contributed by atoms with van der Waals surface area (Å²) in [5.41, 5.74) is 8.35. The first-order valence-corrected chi connectivity index (χ1v) is 7.69. The van der Waals surface area contributed by atoms with Crippen LogP contribution in [0.3, 0.4) is 0 Å². The molecule has 120 valence electrons. The van der Waals surface area contributed by atoms with Gasteiger partial charge in [0.15, 0.2) is 0 Å². The Morgan fingerprint density at radius 2 is 2.00 bits per heavy atom. The number of ether oxygens (including phenoxy) is 1. The Morgan fingerprint density at radius 3 is 2.74 bits per heavy atom. The molecule has 0 atom stereocenters. The van der Waals surface area contributed by atoms with Crippen LogP contribution in [0.15, 0.2) is 54.6 Å². The molecule has 0 heterocycles. The molecular formula is C18H19ClN2O2. The van der Waals surface area contributed by atoms with Crippen molar-refractivity contribution in [2.75, 3.05) is 12.3 Å². The van der Waals surface area contributed by atoms with Crippen LogP contribution < -0.4 is 11.1 Å². The minimum Gasteiger partial charge on any atom is -0.445 e. The number of benzene rings is 2. The lowest BCUT2D eigenvalue weighted by atomic mass is 10.1. The summed E-state index contributed by atoms with van der Waals surface area (Å²) in [6, 6.07) is 14.9. The standard InChI is InChI=1S/C18H19ClN2O2/c19-16-10-9-15(17(20)12-16)8-4-5-11-21-18(22)23-13-14-6-2-1-3-7-14/h1-4,6-10,12H,5,11,13,20H2,(H,21,22). The summed E-state index contributed by atoms with van der Waals surface area (Å²) in [4.78, 5) is 11.5. The van der Waals surface area contributed by atoms with Gasteiger partial charge in [0.05, 0.1) is 0 Å². The number of carbonyl (C=O) groups excluding carboxylic acids is 1. The number of amides is 1. The number of halogens is 1. The van der Waals surface area contributed by atoms with Crippen molar-refractivity contribution in [3.63, 3.8) is 0 Å². The molecule has 23 heavy (non-hydrogen) atoms. The highest BCUT2D eigenvalue weighted by atomic mass is 35.5. The normalized spacial score (nSPS) is 10.7. The third-order valence-corrected chi connectivity index (χ3v) is 3.37. The molecule has 0 aromatic heterocycles. The lowest BCUT2D eigenvalue weighted by molar-refractivity contribution is 0.140. The Morgan fingerprint density at radius 1 is 1.22 bits per heavy atom. The Kier molecular flexibility index (Phi) is 6.51. The van der Waals surface area contributed by atoms with Crippen LogP contribution in [0.5, 0.6) is 0 Å². The number of rotatable bonds is 6. The fraction of sp³-hybridized carbons (Fsp3) is 0.167. The van der Waals surface area contributed by atoms with Gasteiger partial charge >= 0.3 is 6.09 Å². The van der Waals surface area contributed by atoms with E-state index in [0.29, 0.717) is 23.7 Å². The SMILES string of the molecule is Nc1cc(Cl)ccc1C=CCCNC(=O)OCc1ccccc1. The maximum Gasteiger partial charge on any atom is 0.407 e. The smallest absolute Gasteiger partial charge is 0.407 e. The van der Waals surface area contributed by atoms with Crippen LogP contribution in [0.25, 0.3) is 6.08 Å². The van der Waals surface area contributed by atoms with E-state index < -0.39 is 6.09 Å². The quantitative estimate of drug-likeness (QED) is 0.614. The van der Waals surface area contributed by atoms with Gasteiger partial charge in [0.2, 0.25) is 0 Å². The van der Waals surface area contributed by atoms with Gasteiger partial charge in [0.25, 0.3) is 0 Å². The molecule has 0 aliphatic heterocycles. The number of nitrogen functional groups attached to an aromatic ring is 1. The van der Waals surface area contributed by atoms with E-state index in [4.69, 9.17) is 22.1 Å². The monoisotopic (exact) mass is 330 g/mol. The summed E-state index contributed by atoms with van der Waals surface area (Å²) >= 11 is 5.84. The van der Waals surface area contributed by atoms with E-state index in [2.05, 4.69) is 5.32 Å². The van der Waals surface area contributed by atoms with Crippen molar-refractivity contribution in [3.05, 3.63) is 70.8 Å². The molecule has 0 radical (unpaired) electrons. The van der Waals surface area contributed by atoms with Gasteiger partial charge < -0.3 is 15.8 Å². The molecule has 0 saturated carbocycles. The van der Waals surface area contributed by atoms with Gasteiger partial charge in [0.1, 0.15) is 6.61 Å². The molecule has 0 spiro atoms. The second-order valence-corrected chi connectivity index (χ2v) is 5.39. The van der Waals surface area contributed by atoms with Gasteiger partial charge in [-0.25, -0.2) is 4.79 Å². The van der Waals surface area contributed by atoms with Crippen molar-refractivity contribution >= 4 is 29.5 Å². The molecular weight excluding hydrogens is 312 g/mol. The van der Waals surface area contributed by atoms with Gasteiger partial charge in [-0.1, -0.05) is 60.2 Å². The maximum atomic E-state index is 11.5. The Hall–Kier alpha value is -2.46. The number of anilines is 1. The van der Waals surface area contributed by atoms with Gasteiger partial charge in [-0.2, -0.15) is 0 Å². The van der Waals surface area contributed by atoms with E-state index in [1.807, 2.05) is 48.6 Å². The fourth-order valence-electron chi connectivity index (χ4n) is 1.94. The third-order valence-electron chi connectivity index (χ3n) is 3.14. The molecule has 0 fully saturated rings. The molecule has 0 aliphatic rings.